The van der Waals surface area contributed by atoms with Crippen molar-refractivity contribution >= 4 is 43.0 Å². The van der Waals surface area contributed by atoms with E-state index in [-0.39, 0.29) is 4.90 Å². The van der Waals surface area contributed by atoms with Crippen molar-refractivity contribution in [3.63, 3.8) is 0 Å². The molecule has 2 N–H and O–H groups in total. The van der Waals surface area contributed by atoms with Gasteiger partial charge in [-0.15, -0.1) is 11.3 Å². The van der Waals surface area contributed by atoms with Crippen LogP contribution in [0.3, 0.4) is 0 Å². The Morgan fingerprint density at radius 2 is 1.85 bits per heavy atom. The molecule has 2 aromatic rings. The van der Waals surface area contributed by atoms with Crippen molar-refractivity contribution in [2.75, 3.05) is 12.3 Å². The SMILES string of the molecule is CCN(Cc1ccc(Br)s1)S(=O)(=O)c1ccc(N)cc1. The molecule has 0 aliphatic rings. The number of anilines is 1. The lowest BCUT2D eigenvalue weighted by Gasteiger charge is -2.19. The maximum absolute atomic E-state index is 12.6. The van der Waals surface area contributed by atoms with E-state index in [4.69, 9.17) is 5.73 Å². The summed E-state index contributed by atoms with van der Waals surface area (Å²) in [6, 6.07) is 10.1. The number of hydrogen-bond donors (Lipinski definition) is 1. The zero-order chi connectivity index (χ0) is 14.8. The van der Waals surface area contributed by atoms with Gasteiger partial charge in [0.25, 0.3) is 0 Å². The third-order valence-corrected chi connectivity index (χ3v) is 6.38. The van der Waals surface area contributed by atoms with E-state index in [2.05, 4.69) is 15.9 Å². The maximum atomic E-state index is 12.6. The molecule has 108 valence electrons. The zero-order valence-electron chi connectivity index (χ0n) is 10.9. The van der Waals surface area contributed by atoms with Gasteiger partial charge in [-0.05, 0) is 52.3 Å². The van der Waals surface area contributed by atoms with Gasteiger partial charge in [-0.1, -0.05) is 6.92 Å². The molecular formula is C13H15BrN2O2S2. The van der Waals surface area contributed by atoms with Gasteiger partial charge in [0.05, 0.1) is 8.68 Å². The van der Waals surface area contributed by atoms with Crippen LogP contribution in [0.5, 0.6) is 0 Å². The van der Waals surface area contributed by atoms with E-state index in [1.165, 1.54) is 27.8 Å². The second kappa shape index (κ2) is 6.26. The molecule has 0 bridgehead atoms. The van der Waals surface area contributed by atoms with Crippen LogP contribution in [0.15, 0.2) is 45.1 Å². The number of halogens is 1. The smallest absolute Gasteiger partial charge is 0.243 e. The van der Waals surface area contributed by atoms with Gasteiger partial charge in [0, 0.05) is 23.7 Å². The van der Waals surface area contributed by atoms with Crippen molar-refractivity contribution in [1.29, 1.82) is 0 Å². The van der Waals surface area contributed by atoms with Gasteiger partial charge in [0.15, 0.2) is 0 Å². The predicted molar refractivity (Wildman–Crippen MR) is 86.1 cm³/mol. The Morgan fingerprint density at radius 3 is 2.35 bits per heavy atom. The van der Waals surface area contributed by atoms with E-state index in [0.717, 1.165) is 8.66 Å². The molecule has 7 heteroatoms. The van der Waals surface area contributed by atoms with Gasteiger partial charge < -0.3 is 5.73 Å². The fourth-order valence-corrected chi connectivity index (χ4v) is 4.77. The second-order valence-corrected chi connectivity index (χ2v) is 8.69. The largest absolute Gasteiger partial charge is 0.399 e. The number of rotatable bonds is 5. The minimum atomic E-state index is -3.49. The van der Waals surface area contributed by atoms with Crippen LogP contribution in [0.25, 0.3) is 0 Å². The van der Waals surface area contributed by atoms with Gasteiger partial charge in [0.2, 0.25) is 10.0 Å². The van der Waals surface area contributed by atoms with Gasteiger partial charge in [-0.25, -0.2) is 8.42 Å². The maximum Gasteiger partial charge on any atom is 0.243 e. The summed E-state index contributed by atoms with van der Waals surface area (Å²) in [6.45, 7) is 2.62. The lowest BCUT2D eigenvalue weighted by molar-refractivity contribution is 0.426. The van der Waals surface area contributed by atoms with E-state index in [9.17, 15) is 8.42 Å². The van der Waals surface area contributed by atoms with Crippen LogP contribution >= 0.6 is 27.3 Å². The van der Waals surface area contributed by atoms with Crippen LogP contribution in [0.4, 0.5) is 5.69 Å². The predicted octanol–water partition coefficient (Wildman–Crippen LogP) is 3.30. The first-order valence-corrected chi connectivity index (χ1v) is 9.08. The Labute approximate surface area is 131 Å². The molecule has 4 nitrogen and oxygen atoms in total. The molecule has 1 aromatic heterocycles. The first-order valence-electron chi connectivity index (χ1n) is 6.03. The normalized spacial score (nSPS) is 11.9. The molecule has 1 aromatic carbocycles. The zero-order valence-corrected chi connectivity index (χ0v) is 14.1. The monoisotopic (exact) mass is 374 g/mol. The molecule has 0 atom stereocenters. The van der Waals surface area contributed by atoms with Gasteiger partial charge in [0.1, 0.15) is 0 Å². The number of sulfonamides is 1. The summed E-state index contributed by atoms with van der Waals surface area (Å²) in [5, 5.41) is 0. The van der Waals surface area contributed by atoms with Gasteiger partial charge in [-0.2, -0.15) is 4.31 Å². The molecular weight excluding hydrogens is 360 g/mol. The first-order chi connectivity index (χ1) is 9.43. The van der Waals surface area contributed by atoms with E-state index in [1.807, 2.05) is 19.1 Å². The van der Waals surface area contributed by atoms with Crippen LogP contribution in [0.1, 0.15) is 11.8 Å². The summed E-state index contributed by atoms with van der Waals surface area (Å²) in [7, 11) is -3.49. The Bertz CT molecular complexity index is 681. The molecule has 0 aliphatic carbocycles. The highest BCUT2D eigenvalue weighted by molar-refractivity contribution is 9.11. The molecule has 0 saturated carbocycles. The summed E-state index contributed by atoms with van der Waals surface area (Å²) in [5.41, 5.74) is 6.14. The third-order valence-electron chi connectivity index (χ3n) is 2.83. The highest BCUT2D eigenvalue weighted by atomic mass is 79.9. The minimum Gasteiger partial charge on any atom is -0.399 e. The Morgan fingerprint density at radius 1 is 1.20 bits per heavy atom. The van der Waals surface area contributed by atoms with Crippen LogP contribution in [0.2, 0.25) is 0 Å². The van der Waals surface area contributed by atoms with Gasteiger partial charge >= 0.3 is 0 Å². The average molecular weight is 375 g/mol. The summed E-state index contributed by atoms with van der Waals surface area (Å²) < 4.78 is 27.6. The number of thiophene rings is 1. The van der Waals surface area contributed by atoms with Crippen LogP contribution < -0.4 is 5.73 Å². The summed E-state index contributed by atoms with van der Waals surface area (Å²) >= 11 is 4.92. The van der Waals surface area contributed by atoms with Crippen LogP contribution in [-0.2, 0) is 16.6 Å². The fourth-order valence-electron chi connectivity index (χ4n) is 1.77. The molecule has 0 amide bonds. The molecule has 0 saturated heterocycles. The van der Waals surface area contributed by atoms with Crippen molar-refractivity contribution in [1.82, 2.24) is 4.31 Å². The topological polar surface area (TPSA) is 63.4 Å². The lowest BCUT2D eigenvalue weighted by Crippen LogP contribution is -2.30. The number of hydrogen-bond acceptors (Lipinski definition) is 4. The van der Waals surface area contributed by atoms with Crippen molar-refractivity contribution < 1.29 is 8.42 Å². The highest BCUT2D eigenvalue weighted by Gasteiger charge is 2.23. The molecule has 0 aliphatic heterocycles. The van der Waals surface area contributed by atoms with E-state index in [0.29, 0.717) is 18.8 Å². The first kappa shape index (κ1) is 15.5. The van der Waals surface area contributed by atoms with Crippen molar-refractivity contribution in [3.05, 3.63) is 45.1 Å². The Hall–Kier alpha value is -0.890. The van der Waals surface area contributed by atoms with Crippen LogP contribution in [-0.4, -0.2) is 19.3 Å². The van der Waals surface area contributed by atoms with Crippen molar-refractivity contribution in [2.24, 2.45) is 0 Å². The van der Waals surface area contributed by atoms with E-state index >= 15 is 0 Å². The molecule has 0 radical (unpaired) electrons. The number of nitrogens with zero attached hydrogens (tertiary/aromatic N) is 1. The molecule has 0 unspecified atom stereocenters. The van der Waals surface area contributed by atoms with Gasteiger partial charge in [-0.3, -0.25) is 0 Å². The summed E-state index contributed by atoms with van der Waals surface area (Å²) in [5.74, 6) is 0. The quantitative estimate of drug-likeness (QED) is 0.816. The number of benzene rings is 1. The summed E-state index contributed by atoms with van der Waals surface area (Å²) in [6.07, 6.45) is 0. The second-order valence-electron chi connectivity index (χ2n) is 4.21. The lowest BCUT2D eigenvalue weighted by atomic mass is 10.3. The Balaban J connectivity index is 2.27. The van der Waals surface area contributed by atoms with E-state index in [1.54, 1.807) is 12.1 Å². The van der Waals surface area contributed by atoms with Crippen molar-refractivity contribution in [3.8, 4) is 0 Å². The summed E-state index contributed by atoms with van der Waals surface area (Å²) in [4.78, 5) is 1.27. The molecule has 1 heterocycles. The molecule has 2 rings (SSSR count). The number of nitrogen functional groups attached to an aromatic ring is 1. The van der Waals surface area contributed by atoms with Crippen molar-refractivity contribution in [2.45, 2.75) is 18.4 Å². The highest BCUT2D eigenvalue weighted by Crippen LogP contribution is 2.25. The third kappa shape index (κ3) is 3.41. The standard InChI is InChI=1S/C13H15BrN2O2S2/c1-2-16(9-11-5-8-13(14)19-11)20(17,18)12-6-3-10(15)4-7-12/h3-8H,2,9,15H2,1H3. The molecule has 0 fully saturated rings. The fraction of sp³-hybridized carbons (Fsp3) is 0.231. The van der Waals surface area contributed by atoms with E-state index < -0.39 is 10.0 Å². The molecule has 20 heavy (non-hydrogen) atoms. The average Bonchev–Trinajstić information content (AvgIpc) is 2.82. The van der Waals surface area contributed by atoms with Crippen LogP contribution in [0, 0.1) is 0 Å². The number of nitrogens with two attached hydrogens (primary N) is 1. The minimum absolute atomic E-state index is 0.268. The molecule has 0 spiro atoms. The Kier molecular flexibility index (Phi) is 4.85.